The molecule has 18 heavy (non-hydrogen) atoms. The predicted octanol–water partition coefficient (Wildman–Crippen LogP) is 4.73. The number of halogens is 1. The highest BCUT2D eigenvalue weighted by atomic mass is 79.9. The van der Waals surface area contributed by atoms with Gasteiger partial charge in [0.2, 0.25) is 0 Å². The second-order valence-electron chi connectivity index (χ2n) is 4.72. The maximum Gasteiger partial charge on any atom is 0.0930 e. The molecule has 1 N–H and O–H groups in total. The normalized spacial score (nSPS) is 16.6. The molecule has 0 amide bonds. The highest BCUT2D eigenvalue weighted by Gasteiger charge is 2.18. The Bertz CT molecular complexity index is 520. The molecule has 1 aliphatic carbocycles. The molecule has 0 bridgehead atoms. The number of aliphatic hydroxyl groups is 1. The lowest BCUT2D eigenvalue weighted by molar-refractivity contribution is 0.183. The molecule has 0 saturated heterocycles. The highest BCUT2D eigenvalue weighted by molar-refractivity contribution is 9.10. The van der Waals surface area contributed by atoms with Crippen LogP contribution in [0.25, 0.3) is 0 Å². The summed E-state index contributed by atoms with van der Waals surface area (Å²) in [5.74, 6) is 0. The first-order valence-electron chi connectivity index (χ1n) is 6.25. The van der Waals surface area contributed by atoms with Gasteiger partial charge in [0.15, 0.2) is 0 Å². The molecule has 0 aromatic carbocycles. The van der Waals surface area contributed by atoms with Crippen LogP contribution < -0.4 is 0 Å². The van der Waals surface area contributed by atoms with E-state index in [1.807, 2.05) is 17.4 Å². The summed E-state index contributed by atoms with van der Waals surface area (Å²) in [7, 11) is 0. The molecule has 1 aliphatic rings. The van der Waals surface area contributed by atoms with E-state index < -0.39 is 0 Å². The Morgan fingerprint density at radius 1 is 1.33 bits per heavy atom. The topological polar surface area (TPSA) is 20.2 Å². The minimum absolute atomic E-state index is 0.351. The first-order chi connectivity index (χ1) is 8.74. The van der Waals surface area contributed by atoms with Crippen molar-refractivity contribution in [2.75, 3.05) is 0 Å². The SMILES string of the molecule is OC(Cc1sccc1Br)c1cc2c(s1)CCCC2. The molecule has 4 heteroatoms. The first kappa shape index (κ1) is 12.9. The van der Waals surface area contributed by atoms with Crippen molar-refractivity contribution in [3.63, 3.8) is 0 Å². The van der Waals surface area contributed by atoms with Crippen molar-refractivity contribution >= 4 is 38.6 Å². The Morgan fingerprint density at radius 3 is 2.89 bits per heavy atom. The summed E-state index contributed by atoms with van der Waals surface area (Å²) < 4.78 is 1.12. The summed E-state index contributed by atoms with van der Waals surface area (Å²) >= 11 is 7.04. The maximum atomic E-state index is 10.4. The number of fused-ring (bicyclic) bond motifs is 1. The van der Waals surface area contributed by atoms with Crippen LogP contribution in [0.15, 0.2) is 22.0 Å². The average molecular weight is 343 g/mol. The van der Waals surface area contributed by atoms with Crippen molar-refractivity contribution < 1.29 is 5.11 Å². The van der Waals surface area contributed by atoms with Crippen LogP contribution in [-0.2, 0) is 19.3 Å². The van der Waals surface area contributed by atoms with Gasteiger partial charge in [0, 0.05) is 25.5 Å². The third-order valence-corrected chi connectivity index (χ3v) is 6.70. The molecule has 1 atom stereocenters. The van der Waals surface area contributed by atoms with Gasteiger partial charge >= 0.3 is 0 Å². The molecule has 3 rings (SSSR count). The third-order valence-electron chi connectivity index (χ3n) is 3.41. The molecule has 1 nitrogen and oxygen atoms in total. The van der Waals surface area contributed by atoms with E-state index in [4.69, 9.17) is 0 Å². The lowest BCUT2D eigenvalue weighted by Gasteiger charge is -2.08. The fourth-order valence-corrected chi connectivity index (χ4v) is 5.22. The standard InChI is InChI=1S/C14H15BrOS2/c15-10-5-6-17-13(10)8-11(16)14-7-9-3-1-2-4-12(9)18-14/h5-7,11,16H,1-4,8H2. The van der Waals surface area contributed by atoms with E-state index in [0.29, 0.717) is 0 Å². The van der Waals surface area contributed by atoms with Crippen LogP contribution >= 0.6 is 38.6 Å². The van der Waals surface area contributed by atoms with Gasteiger partial charge in [0.05, 0.1) is 6.10 Å². The van der Waals surface area contributed by atoms with Gasteiger partial charge in [-0.05, 0) is 64.7 Å². The quantitative estimate of drug-likeness (QED) is 0.854. The van der Waals surface area contributed by atoms with Crippen LogP contribution in [0.2, 0.25) is 0 Å². The predicted molar refractivity (Wildman–Crippen MR) is 81.6 cm³/mol. The van der Waals surface area contributed by atoms with E-state index in [0.717, 1.165) is 15.8 Å². The molecule has 2 heterocycles. The summed E-state index contributed by atoms with van der Waals surface area (Å²) in [5.41, 5.74) is 1.48. The number of aryl methyl sites for hydroxylation is 2. The molecule has 0 aliphatic heterocycles. The van der Waals surface area contributed by atoms with E-state index >= 15 is 0 Å². The minimum Gasteiger partial charge on any atom is -0.387 e. The van der Waals surface area contributed by atoms with Crippen LogP contribution in [0.3, 0.4) is 0 Å². The number of thiophene rings is 2. The molecule has 0 fully saturated rings. The van der Waals surface area contributed by atoms with Crippen LogP contribution in [0.4, 0.5) is 0 Å². The van der Waals surface area contributed by atoms with E-state index in [1.54, 1.807) is 11.3 Å². The summed E-state index contributed by atoms with van der Waals surface area (Å²) in [5, 5.41) is 12.4. The Kier molecular flexibility index (Phi) is 3.89. The van der Waals surface area contributed by atoms with E-state index in [9.17, 15) is 5.11 Å². The van der Waals surface area contributed by atoms with Crippen molar-refractivity contribution in [3.8, 4) is 0 Å². The number of hydrogen-bond donors (Lipinski definition) is 1. The summed E-state index contributed by atoms with van der Waals surface area (Å²) in [6.07, 6.45) is 5.37. The first-order valence-corrected chi connectivity index (χ1v) is 8.74. The van der Waals surface area contributed by atoms with Crippen molar-refractivity contribution in [1.29, 1.82) is 0 Å². The zero-order valence-electron chi connectivity index (χ0n) is 9.99. The smallest absolute Gasteiger partial charge is 0.0930 e. The van der Waals surface area contributed by atoms with Crippen LogP contribution in [0, 0.1) is 0 Å². The van der Waals surface area contributed by atoms with Crippen molar-refractivity contribution in [3.05, 3.63) is 42.2 Å². The number of hydrogen-bond acceptors (Lipinski definition) is 3. The lowest BCUT2D eigenvalue weighted by atomic mass is 9.99. The van der Waals surface area contributed by atoms with Gasteiger partial charge in [-0.2, -0.15) is 0 Å². The number of aliphatic hydroxyl groups excluding tert-OH is 1. The van der Waals surface area contributed by atoms with Gasteiger partial charge in [-0.15, -0.1) is 22.7 Å². The Hall–Kier alpha value is -0.160. The Balaban J connectivity index is 1.78. The molecule has 2 aromatic rings. The molecule has 0 saturated carbocycles. The zero-order valence-corrected chi connectivity index (χ0v) is 13.2. The van der Waals surface area contributed by atoms with E-state index in [1.165, 1.54) is 41.0 Å². The van der Waals surface area contributed by atoms with Crippen molar-refractivity contribution in [1.82, 2.24) is 0 Å². The van der Waals surface area contributed by atoms with Crippen LogP contribution in [0.1, 0.15) is 39.1 Å². The van der Waals surface area contributed by atoms with Crippen molar-refractivity contribution in [2.24, 2.45) is 0 Å². The maximum absolute atomic E-state index is 10.4. The second kappa shape index (κ2) is 5.45. The summed E-state index contributed by atoms with van der Waals surface area (Å²) in [6, 6.07) is 4.28. The zero-order chi connectivity index (χ0) is 12.5. The van der Waals surface area contributed by atoms with Crippen LogP contribution in [0.5, 0.6) is 0 Å². The molecular weight excluding hydrogens is 328 g/mol. The van der Waals surface area contributed by atoms with Gasteiger partial charge in [0.1, 0.15) is 0 Å². The second-order valence-corrected chi connectivity index (χ2v) is 7.74. The molecule has 0 radical (unpaired) electrons. The Labute approximate surface area is 124 Å². The molecule has 96 valence electrons. The summed E-state index contributed by atoms with van der Waals surface area (Å²) in [4.78, 5) is 3.87. The highest BCUT2D eigenvalue weighted by Crippen LogP contribution is 2.35. The van der Waals surface area contributed by atoms with Crippen LogP contribution in [-0.4, -0.2) is 5.11 Å². The fraction of sp³-hybridized carbons (Fsp3) is 0.429. The van der Waals surface area contributed by atoms with Gasteiger partial charge in [-0.3, -0.25) is 0 Å². The van der Waals surface area contributed by atoms with Gasteiger partial charge in [0.25, 0.3) is 0 Å². The Morgan fingerprint density at radius 2 is 2.17 bits per heavy atom. The average Bonchev–Trinajstić information content (AvgIpc) is 2.96. The largest absolute Gasteiger partial charge is 0.387 e. The molecule has 0 spiro atoms. The molecule has 2 aromatic heterocycles. The monoisotopic (exact) mass is 342 g/mol. The minimum atomic E-state index is -0.351. The molecule has 1 unspecified atom stereocenters. The van der Waals surface area contributed by atoms with Crippen molar-refractivity contribution in [2.45, 2.75) is 38.2 Å². The van der Waals surface area contributed by atoms with Gasteiger partial charge < -0.3 is 5.11 Å². The van der Waals surface area contributed by atoms with Gasteiger partial charge in [-0.1, -0.05) is 0 Å². The van der Waals surface area contributed by atoms with Gasteiger partial charge in [-0.25, -0.2) is 0 Å². The third kappa shape index (κ3) is 2.57. The fourth-order valence-electron chi connectivity index (χ4n) is 2.42. The molecular formula is C14H15BrOS2. The summed E-state index contributed by atoms with van der Waals surface area (Å²) in [6.45, 7) is 0. The lowest BCUT2D eigenvalue weighted by Crippen LogP contribution is -1.98. The number of rotatable bonds is 3. The van der Waals surface area contributed by atoms with E-state index in [2.05, 4.69) is 27.4 Å². The van der Waals surface area contributed by atoms with E-state index in [-0.39, 0.29) is 6.10 Å².